The zero-order chi connectivity index (χ0) is 15.3. The molecule has 0 saturated carbocycles. The number of aromatic nitrogens is 1. The normalized spacial score (nSPS) is 12.6. The summed E-state index contributed by atoms with van der Waals surface area (Å²) in [4.78, 5) is 3.31. The first-order valence-corrected chi connectivity index (χ1v) is 9.77. The molecule has 1 rings (SSSR count). The monoisotopic (exact) mass is 322 g/mol. The molecule has 114 valence electrons. The zero-order valence-electron chi connectivity index (χ0n) is 13.2. The first-order valence-electron chi connectivity index (χ1n) is 7.28. The molecule has 1 aromatic rings. The highest BCUT2D eigenvalue weighted by Crippen LogP contribution is 2.19. The van der Waals surface area contributed by atoms with Crippen molar-refractivity contribution < 1.29 is 9.56 Å². The number of nitrogens with zero attached hydrogens (tertiary/aromatic N) is 1. The number of rotatable bonds is 9. The topological polar surface area (TPSA) is 17.9 Å². The highest BCUT2D eigenvalue weighted by atomic mass is 33.1. The van der Waals surface area contributed by atoms with Gasteiger partial charge in [-0.2, -0.15) is 0 Å². The smallest absolute Gasteiger partial charge is 0.169 e. The van der Waals surface area contributed by atoms with Gasteiger partial charge in [-0.1, -0.05) is 33.7 Å². The average Bonchev–Trinajstić information content (AvgIpc) is 2.47. The molecule has 0 spiro atoms. The van der Waals surface area contributed by atoms with Crippen LogP contribution in [0.1, 0.15) is 19.4 Å². The Morgan fingerprint density at radius 3 is 2.67 bits per heavy atom. The standard InChI is InChI=1S/C17H25N2S2/c1-4-5-16(2)6-9-18-10-14-20-21-15-13-19-11-7-17(3)8-12-19/h4-9,11-12H,10,13-15H2,1-3H3/q+1/p+1/b5-4-,16-6-,18-9?. The second-order valence-electron chi connectivity index (χ2n) is 4.79. The van der Waals surface area contributed by atoms with Crippen molar-refractivity contribution in [3.8, 4) is 0 Å². The van der Waals surface area contributed by atoms with Crippen molar-refractivity contribution in [1.29, 1.82) is 0 Å². The van der Waals surface area contributed by atoms with E-state index in [0.29, 0.717) is 0 Å². The fourth-order valence-electron chi connectivity index (χ4n) is 1.63. The molecule has 1 N–H and O–H groups in total. The SMILES string of the molecule is C/C=C\C(C)=C/C=[NH+]CCSSCC[n+]1ccc(C)cc1. The Morgan fingerprint density at radius 1 is 1.24 bits per heavy atom. The van der Waals surface area contributed by atoms with Gasteiger partial charge in [0.25, 0.3) is 0 Å². The van der Waals surface area contributed by atoms with Crippen LogP contribution in [-0.4, -0.2) is 24.3 Å². The van der Waals surface area contributed by atoms with E-state index >= 15 is 0 Å². The summed E-state index contributed by atoms with van der Waals surface area (Å²) in [5.41, 5.74) is 2.58. The molecule has 0 bridgehead atoms. The van der Waals surface area contributed by atoms with E-state index in [4.69, 9.17) is 0 Å². The van der Waals surface area contributed by atoms with Crippen LogP contribution in [0.2, 0.25) is 0 Å². The Bertz CT molecular complexity index is 476. The molecule has 4 heteroatoms. The van der Waals surface area contributed by atoms with E-state index in [1.165, 1.54) is 11.1 Å². The third-order valence-electron chi connectivity index (χ3n) is 2.80. The number of allylic oxidation sites excluding steroid dienone is 4. The molecular formula is C17H26N2S2+2. The zero-order valence-corrected chi connectivity index (χ0v) is 14.8. The first kappa shape index (κ1) is 18.1. The van der Waals surface area contributed by atoms with Gasteiger partial charge in [0, 0.05) is 18.2 Å². The van der Waals surface area contributed by atoms with E-state index in [1.807, 2.05) is 34.7 Å². The van der Waals surface area contributed by atoms with E-state index in [-0.39, 0.29) is 0 Å². The Hall–Kier alpha value is -1.00. The summed E-state index contributed by atoms with van der Waals surface area (Å²) < 4.78 is 2.24. The minimum Gasteiger partial charge on any atom is -0.247 e. The number of pyridine rings is 1. The van der Waals surface area contributed by atoms with Gasteiger partial charge in [-0.15, -0.1) is 0 Å². The van der Waals surface area contributed by atoms with E-state index in [9.17, 15) is 0 Å². The van der Waals surface area contributed by atoms with Crippen LogP contribution < -0.4 is 9.56 Å². The van der Waals surface area contributed by atoms with Crippen molar-refractivity contribution in [1.82, 2.24) is 0 Å². The number of hydrogen-bond acceptors (Lipinski definition) is 2. The summed E-state index contributed by atoms with van der Waals surface area (Å²) in [6.45, 7) is 8.34. The Kier molecular flexibility index (Phi) is 10.0. The summed E-state index contributed by atoms with van der Waals surface area (Å²) in [6, 6.07) is 4.31. The summed E-state index contributed by atoms with van der Waals surface area (Å²) in [7, 11) is 3.87. The third-order valence-corrected chi connectivity index (χ3v) is 5.18. The highest BCUT2D eigenvalue weighted by Gasteiger charge is 1.99. The fourth-order valence-corrected chi connectivity index (χ4v) is 3.54. The van der Waals surface area contributed by atoms with Gasteiger partial charge in [0.2, 0.25) is 0 Å². The van der Waals surface area contributed by atoms with E-state index < -0.39 is 0 Å². The van der Waals surface area contributed by atoms with E-state index in [2.05, 4.69) is 66.2 Å². The lowest BCUT2D eigenvalue weighted by Gasteiger charge is -1.97. The fraction of sp³-hybridized carbons (Fsp3) is 0.412. The summed E-state index contributed by atoms with van der Waals surface area (Å²) in [5, 5.41) is 0. The molecule has 0 aromatic carbocycles. The van der Waals surface area contributed by atoms with Gasteiger partial charge in [0.1, 0.15) is 0 Å². The molecule has 0 radical (unpaired) electrons. The second kappa shape index (κ2) is 11.6. The molecule has 0 aliphatic rings. The van der Waals surface area contributed by atoms with E-state index in [0.717, 1.165) is 24.6 Å². The molecule has 21 heavy (non-hydrogen) atoms. The maximum absolute atomic E-state index is 3.31. The Labute approximate surface area is 136 Å². The maximum atomic E-state index is 3.31. The van der Waals surface area contributed by atoms with Gasteiger partial charge in [0.05, 0.1) is 11.5 Å². The van der Waals surface area contributed by atoms with Crippen molar-refractivity contribution in [2.75, 3.05) is 18.1 Å². The van der Waals surface area contributed by atoms with Crippen LogP contribution >= 0.6 is 21.6 Å². The molecule has 0 amide bonds. The molecule has 0 atom stereocenters. The molecule has 0 saturated heterocycles. The number of hydrogen-bond donors (Lipinski definition) is 1. The quantitative estimate of drug-likeness (QED) is 0.247. The number of nitrogens with one attached hydrogen (secondary N) is 1. The highest BCUT2D eigenvalue weighted by molar-refractivity contribution is 8.76. The van der Waals surface area contributed by atoms with Crippen LogP contribution in [0, 0.1) is 6.92 Å². The van der Waals surface area contributed by atoms with Crippen molar-refractivity contribution in [2.45, 2.75) is 27.3 Å². The minimum atomic E-state index is 1.01. The van der Waals surface area contributed by atoms with Gasteiger partial charge in [0.15, 0.2) is 31.7 Å². The molecule has 0 aliphatic carbocycles. The molecule has 0 aliphatic heterocycles. The van der Waals surface area contributed by atoms with Crippen molar-refractivity contribution >= 4 is 27.8 Å². The lowest BCUT2D eigenvalue weighted by molar-refractivity contribution is -0.692. The van der Waals surface area contributed by atoms with Crippen LogP contribution in [0.3, 0.4) is 0 Å². The van der Waals surface area contributed by atoms with Crippen LogP contribution in [0.4, 0.5) is 0 Å². The average molecular weight is 323 g/mol. The van der Waals surface area contributed by atoms with Gasteiger partial charge in [-0.25, -0.2) is 9.56 Å². The Balaban J connectivity index is 2.03. The predicted molar refractivity (Wildman–Crippen MR) is 96.8 cm³/mol. The van der Waals surface area contributed by atoms with Crippen molar-refractivity contribution in [3.05, 3.63) is 53.9 Å². The van der Waals surface area contributed by atoms with Gasteiger partial charge >= 0.3 is 0 Å². The maximum Gasteiger partial charge on any atom is 0.169 e. The molecule has 2 nitrogen and oxygen atoms in total. The van der Waals surface area contributed by atoms with Crippen LogP contribution in [-0.2, 0) is 6.54 Å². The summed E-state index contributed by atoms with van der Waals surface area (Å²) in [6.07, 6.45) is 12.6. The third kappa shape index (κ3) is 9.53. The molecular weight excluding hydrogens is 296 g/mol. The molecule has 0 unspecified atom stereocenters. The molecule has 0 fully saturated rings. The van der Waals surface area contributed by atoms with Crippen LogP contribution in [0.15, 0.2) is 48.3 Å². The summed E-state index contributed by atoms with van der Waals surface area (Å²) >= 11 is 0. The van der Waals surface area contributed by atoms with Crippen LogP contribution in [0.5, 0.6) is 0 Å². The number of aryl methyl sites for hydroxylation is 2. The van der Waals surface area contributed by atoms with Gasteiger partial charge < -0.3 is 0 Å². The van der Waals surface area contributed by atoms with Gasteiger partial charge in [-0.05, 0) is 31.9 Å². The molecule has 1 heterocycles. The first-order chi connectivity index (χ1) is 10.2. The largest absolute Gasteiger partial charge is 0.247 e. The summed E-state index contributed by atoms with van der Waals surface area (Å²) in [5.74, 6) is 2.26. The second-order valence-corrected chi connectivity index (χ2v) is 7.49. The van der Waals surface area contributed by atoms with E-state index in [1.54, 1.807) is 0 Å². The van der Waals surface area contributed by atoms with Gasteiger partial charge in [-0.3, -0.25) is 0 Å². The minimum absolute atomic E-state index is 1.01. The Morgan fingerprint density at radius 2 is 1.95 bits per heavy atom. The predicted octanol–water partition coefficient (Wildman–Crippen LogP) is 2.34. The molecule has 1 aromatic heterocycles. The van der Waals surface area contributed by atoms with Crippen LogP contribution in [0.25, 0.3) is 0 Å². The lowest BCUT2D eigenvalue weighted by atomic mass is 10.3. The van der Waals surface area contributed by atoms with Crippen molar-refractivity contribution in [2.24, 2.45) is 0 Å². The lowest BCUT2D eigenvalue weighted by Crippen LogP contribution is -2.69. The van der Waals surface area contributed by atoms with Crippen molar-refractivity contribution in [3.63, 3.8) is 0 Å².